The van der Waals surface area contributed by atoms with Gasteiger partial charge >= 0.3 is 6.18 Å². The first kappa shape index (κ1) is 16.9. The molecule has 0 saturated heterocycles. The van der Waals surface area contributed by atoms with Crippen molar-refractivity contribution in [1.29, 1.82) is 0 Å². The molecule has 2 rings (SSSR count). The van der Waals surface area contributed by atoms with Crippen molar-refractivity contribution in [1.82, 2.24) is 5.32 Å². The van der Waals surface area contributed by atoms with Crippen LogP contribution < -0.4 is 5.32 Å². The first-order chi connectivity index (χ1) is 10.3. The first-order valence-electron chi connectivity index (χ1n) is 6.91. The van der Waals surface area contributed by atoms with Crippen LogP contribution in [0.4, 0.5) is 13.2 Å². The average Bonchev–Trinajstić information content (AvgIpc) is 2.48. The summed E-state index contributed by atoms with van der Waals surface area (Å²) in [6, 6.07) is 2.48. The number of nitrogens with one attached hydrogen (secondary N) is 1. The van der Waals surface area contributed by atoms with Crippen LogP contribution in [0.2, 0.25) is 0 Å². The van der Waals surface area contributed by atoms with Crippen LogP contribution in [0.5, 0.6) is 0 Å². The van der Waals surface area contributed by atoms with Crippen molar-refractivity contribution in [3.63, 3.8) is 0 Å². The fourth-order valence-electron chi connectivity index (χ4n) is 2.43. The summed E-state index contributed by atoms with van der Waals surface area (Å²) < 4.78 is 38.1. The zero-order valence-electron chi connectivity index (χ0n) is 12.0. The second-order valence-electron chi connectivity index (χ2n) is 5.15. The van der Waals surface area contributed by atoms with E-state index in [-0.39, 0.29) is 16.2 Å². The van der Waals surface area contributed by atoms with Gasteiger partial charge < -0.3 is 5.32 Å². The van der Waals surface area contributed by atoms with E-state index < -0.39 is 23.7 Å². The fraction of sp³-hybridized carbons (Fsp3) is 0.467. The van der Waals surface area contributed by atoms with Crippen LogP contribution in [0.15, 0.2) is 23.1 Å². The number of halogens is 3. The Bertz CT molecular complexity index is 587. The molecular weight excluding hydrogens is 315 g/mol. The molecule has 0 bridgehead atoms. The third-order valence-corrected chi connectivity index (χ3v) is 4.41. The van der Waals surface area contributed by atoms with Gasteiger partial charge in [0, 0.05) is 11.3 Å². The molecule has 1 aromatic carbocycles. The van der Waals surface area contributed by atoms with E-state index in [1.165, 1.54) is 0 Å². The summed E-state index contributed by atoms with van der Waals surface area (Å²) in [6.45, 7) is 0. The lowest BCUT2D eigenvalue weighted by atomic mass is 9.94. The SMILES string of the molecule is CSc1cc(C(F)(F)F)ccc1C(=O)N[C@H]1CCCCC1=O. The predicted octanol–water partition coefficient (Wildman–Crippen LogP) is 3.67. The van der Waals surface area contributed by atoms with Crippen LogP contribution >= 0.6 is 11.8 Å². The zero-order chi connectivity index (χ0) is 16.3. The van der Waals surface area contributed by atoms with E-state index in [0.29, 0.717) is 12.8 Å². The van der Waals surface area contributed by atoms with E-state index in [9.17, 15) is 22.8 Å². The van der Waals surface area contributed by atoms with E-state index in [1.54, 1.807) is 6.26 Å². The number of rotatable bonds is 3. The Morgan fingerprint density at radius 2 is 2.05 bits per heavy atom. The van der Waals surface area contributed by atoms with Gasteiger partial charge in [0.2, 0.25) is 0 Å². The predicted molar refractivity (Wildman–Crippen MR) is 78.0 cm³/mol. The zero-order valence-corrected chi connectivity index (χ0v) is 12.8. The Labute approximate surface area is 130 Å². The topological polar surface area (TPSA) is 46.2 Å². The number of benzene rings is 1. The lowest BCUT2D eigenvalue weighted by Gasteiger charge is -2.22. The van der Waals surface area contributed by atoms with Crippen molar-refractivity contribution in [2.75, 3.05) is 6.26 Å². The number of carbonyl (C=O) groups is 2. The highest BCUT2D eigenvalue weighted by Crippen LogP contribution is 2.33. The molecule has 22 heavy (non-hydrogen) atoms. The Morgan fingerprint density at radius 3 is 2.64 bits per heavy atom. The number of alkyl halides is 3. The van der Waals surface area contributed by atoms with Gasteiger partial charge in [-0.05, 0) is 37.3 Å². The van der Waals surface area contributed by atoms with Crippen LogP contribution in [0.1, 0.15) is 41.6 Å². The monoisotopic (exact) mass is 331 g/mol. The van der Waals surface area contributed by atoms with Crippen LogP contribution in [0.25, 0.3) is 0 Å². The van der Waals surface area contributed by atoms with Gasteiger partial charge in [-0.3, -0.25) is 9.59 Å². The fourth-order valence-corrected chi connectivity index (χ4v) is 3.05. The van der Waals surface area contributed by atoms with Gasteiger partial charge in [0.1, 0.15) is 0 Å². The van der Waals surface area contributed by atoms with Crippen LogP contribution in [0.3, 0.4) is 0 Å². The Balaban J connectivity index is 2.20. The molecule has 1 aliphatic carbocycles. The number of ketones is 1. The van der Waals surface area contributed by atoms with E-state index in [0.717, 1.165) is 42.8 Å². The number of amides is 1. The smallest absolute Gasteiger partial charge is 0.342 e. The molecule has 1 fully saturated rings. The molecule has 1 saturated carbocycles. The Morgan fingerprint density at radius 1 is 1.32 bits per heavy atom. The van der Waals surface area contributed by atoms with Crippen molar-refractivity contribution >= 4 is 23.5 Å². The quantitative estimate of drug-likeness (QED) is 0.860. The molecule has 0 aliphatic heterocycles. The molecule has 1 atom stereocenters. The molecule has 3 nitrogen and oxygen atoms in total. The third kappa shape index (κ3) is 3.82. The highest BCUT2D eigenvalue weighted by molar-refractivity contribution is 7.98. The maximum absolute atomic E-state index is 12.7. The molecule has 0 aromatic heterocycles. The maximum Gasteiger partial charge on any atom is 0.416 e. The molecule has 1 aromatic rings. The normalized spacial score (nSPS) is 19.1. The van der Waals surface area contributed by atoms with Gasteiger partial charge in [0.25, 0.3) is 5.91 Å². The summed E-state index contributed by atoms with van der Waals surface area (Å²) in [5.41, 5.74) is -0.624. The first-order valence-corrected chi connectivity index (χ1v) is 8.14. The largest absolute Gasteiger partial charge is 0.416 e. The van der Waals surface area contributed by atoms with Crippen molar-refractivity contribution < 1.29 is 22.8 Å². The standard InChI is InChI=1S/C15H16F3NO2S/c1-22-13-8-9(15(16,17)18)6-7-10(13)14(21)19-11-4-2-3-5-12(11)20/h6-8,11H,2-5H2,1H3,(H,19,21)/t11-/m0/s1. The lowest BCUT2D eigenvalue weighted by Crippen LogP contribution is -2.42. The molecule has 1 N–H and O–H groups in total. The van der Waals surface area contributed by atoms with Crippen molar-refractivity contribution in [3.8, 4) is 0 Å². The van der Waals surface area contributed by atoms with Gasteiger partial charge in [0.15, 0.2) is 5.78 Å². The summed E-state index contributed by atoms with van der Waals surface area (Å²) in [5, 5.41) is 2.63. The van der Waals surface area contributed by atoms with Gasteiger partial charge in [-0.1, -0.05) is 6.42 Å². The Kier molecular flexibility index (Phi) is 5.16. The second kappa shape index (κ2) is 6.73. The molecule has 0 radical (unpaired) electrons. The highest BCUT2D eigenvalue weighted by atomic mass is 32.2. The summed E-state index contributed by atoms with van der Waals surface area (Å²) >= 11 is 1.07. The third-order valence-electron chi connectivity index (χ3n) is 3.63. The minimum Gasteiger partial charge on any atom is -0.342 e. The van der Waals surface area contributed by atoms with Gasteiger partial charge in [-0.2, -0.15) is 13.2 Å². The molecule has 1 amide bonds. The van der Waals surface area contributed by atoms with Crippen LogP contribution in [-0.4, -0.2) is 24.0 Å². The molecule has 120 valence electrons. The molecule has 0 heterocycles. The number of carbonyl (C=O) groups excluding carboxylic acids is 2. The second-order valence-corrected chi connectivity index (χ2v) is 6.00. The number of hydrogen-bond donors (Lipinski definition) is 1. The number of thioether (sulfide) groups is 1. The molecule has 7 heteroatoms. The van der Waals surface area contributed by atoms with Gasteiger partial charge in [-0.15, -0.1) is 11.8 Å². The number of Topliss-reactive ketones (excluding diaryl/α,β-unsaturated/α-hetero) is 1. The molecule has 0 unspecified atom stereocenters. The molecular formula is C15H16F3NO2S. The number of hydrogen-bond acceptors (Lipinski definition) is 3. The van der Waals surface area contributed by atoms with Gasteiger partial charge in [-0.25, -0.2) is 0 Å². The summed E-state index contributed by atoms with van der Waals surface area (Å²) in [4.78, 5) is 24.2. The summed E-state index contributed by atoms with van der Waals surface area (Å²) in [7, 11) is 0. The minimum atomic E-state index is -4.45. The van der Waals surface area contributed by atoms with Crippen LogP contribution in [-0.2, 0) is 11.0 Å². The van der Waals surface area contributed by atoms with E-state index in [1.807, 2.05) is 0 Å². The molecule has 0 spiro atoms. The van der Waals surface area contributed by atoms with Crippen molar-refractivity contribution in [3.05, 3.63) is 29.3 Å². The van der Waals surface area contributed by atoms with E-state index in [2.05, 4.69) is 5.32 Å². The maximum atomic E-state index is 12.7. The van der Waals surface area contributed by atoms with Crippen LogP contribution in [0, 0.1) is 0 Å². The van der Waals surface area contributed by atoms with E-state index in [4.69, 9.17) is 0 Å². The highest BCUT2D eigenvalue weighted by Gasteiger charge is 2.32. The average molecular weight is 331 g/mol. The summed E-state index contributed by atoms with van der Waals surface area (Å²) in [5.74, 6) is -0.518. The summed E-state index contributed by atoms with van der Waals surface area (Å²) in [6.07, 6.45) is -0.134. The van der Waals surface area contributed by atoms with Gasteiger partial charge in [0.05, 0.1) is 17.2 Å². The lowest BCUT2D eigenvalue weighted by molar-refractivity contribution is -0.137. The van der Waals surface area contributed by atoms with Crippen molar-refractivity contribution in [2.24, 2.45) is 0 Å². The van der Waals surface area contributed by atoms with E-state index >= 15 is 0 Å². The van der Waals surface area contributed by atoms with Crippen molar-refractivity contribution in [2.45, 2.75) is 42.8 Å². The molecule has 1 aliphatic rings. The minimum absolute atomic E-state index is 0.0165. The Hall–Kier alpha value is -1.50.